The Balaban J connectivity index is 1.94. The Bertz CT molecular complexity index is 454. The average molecular weight is 261 g/mol. The van der Waals surface area contributed by atoms with E-state index in [1.54, 1.807) is 0 Å². The number of rotatable bonds is 2. The maximum Gasteiger partial charge on any atom is 0.411 e. The van der Waals surface area contributed by atoms with E-state index in [2.05, 4.69) is 19.2 Å². The van der Waals surface area contributed by atoms with Gasteiger partial charge in [0.2, 0.25) is 0 Å². The van der Waals surface area contributed by atoms with Crippen LogP contribution in [0, 0.1) is 12.3 Å². The van der Waals surface area contributed by atoms with Crippen LogP contribution in [0.1, 0.15) is 45.1 Å². The minimum Gasteiger partial charge on any atom is -0.445 e. The van der Waals surface area contributed by atoms with Crippen LogP contribution < -0.4 is 5.32 Å². The first kappa shape index (κ1) is 13.9. The van der Waals surface area contributed by atoms with Crippen LogP contribution in [0.25, 0.3) is 0 Å². The van der Waals surface area contributed by atoms with Crippen molar-refractivity contribution in [3.05, 3.63) is 29.8 Å². The Morgan fingerprint density at radius 2 is 2.16 bits per heavy atom. The van der Waals surface area contributed by atoms with Crippen LogP contribution in [0.15, 0.2) is 24.3 Å². The molecule has 1 aliphatic carbocycles. The average Bonchev–Trinajstić information content (AvgIpc) is 2.32. The topological polar surface area (TPSA) is 38.3 Å². The second-order valence-corrected chi connectivity index (χ2v) is 6.12. The molecule has 19 heavy (non-hydrogen) atoms. The molecule has 3 heteroatoms. The van der Waals surface area contributed by atoms with E-state index >= 15 is 0 Å². The summed E-state index contributed by atoms with van der Waals surface area (Å²) in [6.07, 6.45) is 4.14. The highest BCUT2D eigenvalue weighted by Crippen LogP contribution is 2.37. The lowest BCUT2D eigenvalue weighted by molar-refractivity contribution is 0.000914. The van der Waals surface area contributed by atoms with Gasteiger partial charge in [-0.1, -0.05) is 32.4 Å². The lowest BCUT2D eigenvalue weighted by Crippen LogP contribution is -2.37. The van der Waals surface area contributed by atoms with E-state index in [-0.39, 0.29) is 17.6 Å². The van der Waals surface area contributed by atoms with Crippen LogP contribution >= 0.6 is 0 Å². The van der Waals surface area contributed by atoms with Crippen LogP contribution in [-0.4, -0.2) is 12.2 Å². The van der Waals surface area contributed by atoms with Gasteiger partial charge < -0.3 is 4.74 Å². The number of aryl methyl sites for hydroxylation is 1. The van der Waals surface area contributed by atoms with Crippen LogP contribution in [0.2, 0.25) is 0 Å². The minimum absolute atomic E-state index is 0.0195. The van der Waals surface area contributed by atoms with Gasteiger partial charge in [0, 0.05) is 11.1 Å². The summed E-state index contributed by atoms with van der Waals surface area (Å²) in [5.74, 6) is 0. The number of nitrogens with one attached hydrogen (secondary N) is 1. The molecule has 1 N–H and O–H groups in total. The Morgan fingerprint density at radius 1 is 1.37 bits per heavy atom. The number of anilines is 1. The summed E-state index contributed by atoms with van der Waals surface area (Å²) >= 11 is 0. The van der Waals surface area contributed by atoms with Crippen molar-refractivity contribution in [3.8, 4) is 0 Å². The number of carbonyl (C=O) groups is 1. The number of hydrogen-bond donors (Lipinski definition) is 1. The van der Waals surface area contributed by atoms with Gasteiger partial charge in [0.1, 0.15) is 6.10 Å². The Kier molecular flexibility index (Phi) is 4.13. The molecule has 1 aromatic rings. The zero-order valence-corrected chi connectivity index (χ0v) is 12.0. The largest absolute Gasteiger partial charge is 0.445 e. The first-order valence-corrected chi connectivity index (χ1v) is 7.02. The molecule has 1 amide bonds. The third kappa shape index (κ3) is 3.72. The molecule has 1 aliphatic rings. The first-order valence-electron chi connectivity index (χ1n) is 7.02. The lowest BCUT2D eigenvalue weighted by Gasteiger charge is -2.37. The zero-order valence-electron chi connectivity index (χ0n) is 12.0. The summed E-state index contributed by atoms with van der Waals surface area (Å²) < 4.78 is 5.60. The number of hydrogen-bond acceptors (Lipinski definition) is 2. The number of amides is 1. The highest BCUT2D eigenvalue weighted by atomic mass is 16.6. The summed E-state index contributed by atoms with van der Waals surface area (Å²) in [6, 6.07) is 7.74. The predicted octanol–water partition coefficient (Wildman–Crippen LogP) is 4.51. The van der Waals surface area contributed by atoms with Crippen molar-refractivity contribution >= 4 is 11.8 Å². The molecule has 0 aromatic heterocycles. The van der Waals surface area contributed by atoms with Crippen molar-refractivity contribution in [2.45, 2.75) is 52.6 Å². The summed E-state index contributed by atoms with van der Waals surface area (Å²) in [6.45, 7) is 6.36. The molecule has 3 nitrogen and oxygen atoms in total. The van der Waals surface area contributed by atoms with Gasteiger partial charge in [0.05, 0.1) is 0 Å². The van der Waals surface area contributed by atoms with Gasteiger partial charge in [-0.3, -0.25) is 5.32 Å². The fourth-order valence-electron chi connectivity index (χ4n) is 2.68. The molecule has 1 aromatic carbocycles. The van der Waals surface area contributed by atoms with Gasteiger partial charge in [0.25, 0.3) is 0 Å². The van der Waals surface area contributed by atoms with Gasteiger partial charge in [-0.15, -0.1) is 0 Å². The van der Waals surface area contributed by atoms with Crippen molar-refractivity contribution in [2.24, 2.45) is 5.41 Å². The fourth-order valence-corrected chi connectivity index (χ4v) is 2.68. The van der Waals surface area contributed by atoms with Crippen LogP contribution in [0.3, 0.4) is 0 Å². The molecular formula is C16H23NO2. The summed E-state index contributed by atoms with van der Waals surface area (Å²) in [5, 5.41) is 2.81. The number of carbonyl (C=O) groups excluding carboxylic acids is 1. The smallest absolute Gasteiger partial charge is 0.411 e. The van der Waals surface area contributed by atoms with E-state index in [1.165, 1.54) is 6.42 Å². The van der Waals surface area contributed by atoms with Gasteiger partial charge in [0.15, 0.2) is 0 Å². The SMILES string of the molecule is Cc1cccc(NC(=O)OC2CCCCC2(C)C)c1. The van der Waals surface area contributed by atoms with Gasteiger partial charge in [-0.2, -0.15) is 0 Å². The standard InChI is InChI=1S/C16H23NO2/c1-12-7-6-8-13(11-12)17-15(18)19-14-9-4-5-10-16(14,2)3/h6-8,11,14H,4-5,9-10H2,1-3H3,(H,17,18). The molecule has 0 saturated heterocycles. The van der Waals surface area contributed by atoms with Crippen LogP contribution in [-0.2, 0) is 4.74 Å². The monoisotopic (exact) mass is 261 g/mol. The number of benzene rings is 1. The van der Waals surface area contributed by atoms with E-state index in [1.807, 2.05) is 31.2 Å². The molecule has 1 unspecified atom stereocenters. The fraction of sp³-hybridized carbons (Fsp3) is 0.562. The number of ether oxygens (including phenoxy) is 1. The van der Waals surface area contributed by atoms with Gasteiger partial charge in [-0.05, 0) is 43.9 Å². The molecule has 0 bridgehead atoms. The lowest BCUT2D eigenvalue weighted by atomic mass is 9.75. The van der Waals surface area contributed by atoms with E-state index in [4.69, 9.17) is 4.74 Å². The Labute approximate surface area is 115 Å². The zero-order chi connectivity index (χ0) is 13.9. The Morgan fingerprint density at radius 3 is 2.84 bits per heavy atom. The normalized spacial score (nSPS) is 21.7. The quantitative estimate of drug-likeness (QED) is 0.850. The van der Waals surface area contributed by atoms with Crippen molar-refractivity contribution in [1.82, 2.24) is 0 Å². The maximum absolute atomic E-state index is 11.9. The predicted molar refractivity (Wildman–Crippen MR) is 77.3 cm³/mol. The molecule has 0 heterocycles. The third-order valence-electron chi connectivity index (χ3n) is 3.92. The van der Waals surface area contributed by atoms with Crippen molar-refractivity contribution in [3.63, 3.8) is 0 Å². The summed E-state index contributed by atoms with van der Waals surface area (Å²) in [4.78, 5) is 11.9. The van der Waals surface area contributed by atoms with Crippen LogP contribution in [0.4, 0.5) is 10.5 Å². The molecule has 2 rings (SSSR count). The highest BCUT2D eigenvalue weighted by molar-refractivity contribution is 5.84. The second-order valence-electron chi connectivity index (χ2n) is 6.12. The first-order chi connectivity index (χ1) is 8.97. The van der Waals surface area contributed by atoms with Crippen LogP contribution in [0.5, 0.6) is 0 Å². The molecule has 1 fully saturated rings. The van der Waals surface area contributed by atoms with E-state index in [9.17, 15) is 4.79 Å². The van der Waals surface area contributed by atoms with Gasteiger partial charge >= 0.3 is 6.09 Å². The molecule has 0 aliphatic heterocycles. The minimum atomic E-state index is -0.342. The highest BCUT2D eigenvalue weighted by Gasteiger charge is 2.35. The third-order valence-corrected chi connectivity index (χ3v) is 3.92. The molecular weight excluding hydrogens is 238 g/mol. The van der Waals surface area contributed by atoms with E-state index < -0.39 is 0 Å². The summed E-state index contributed by atoms with van der Waals surface area (Å²) in [5.41, 5.74) is 2.00. The maximum atomic E-state index is 11.9. The molecule has 104 valence electrons. The van der Waals surface area contributed by atoms with Gasteiger partial charge in [-0.25, -0.2) is 4.79 Å². The Hall–Kier alpha value is -1.51. The van der Waals surface area contributed by atoms with Crippen molar-refractivity contribution < 1.29 is 9.53 Å². The van der Waals surface area contributed by atoms with Crippen molar-refractivity contribution in [1.29, 1.82) is 0 Å². The molecule has 1 saturated carbocycles. The van der Waals surface area contributed by atoms with E-state index in [0.29, 0.717) is 0 Å². The molecule has 0 spiro atoms. The molecule has 0 radical (unpaired) electrons. The molecule has 1 atom stereocenters. The second kappa shape index (κ2) is 5.64. The van der Waals surface area contributed by atoms with E-state index in [0.717, 1.165) is 30.5 Å². The summed E-state index contributed by atoms with van der Waals surface area (Å²) in [7, 11) is 0. The van der Waals surface area contributed by atoms with Crippen molar-refractivity contribution in [2.75, 3.05) is 5.32 Å².